The number of aromatic nitrogens is 1. The first-order valence-corrected chi connectivity index (χ1v) is 6.36. The molecule has 0 fully saturated rings. The van der Waals surface area contributed by atoms with Crippen molar-refractivity contribution in [1.29, 1.82) is 0 Å². The van der Waals surface area contributed by atoms with E-state index < -0.39 is 22.3 Å². The quantitative estimate of drug-likeness (QED) is 0.806. The highest BCUT2D eigenvalue weighted by atomic mass is 35.5. The molecule has 0 amide bonds. The fraction of sp³-hybridized carbons (Fsp3) is 0.200. The van der Waals surface area contributed by atoms with Gasteiger partial charge in [-0.1, -0.05) is 6.07 Å². The number of rotatable bonds is 4. The summed E-state index contributed by atoms with van der Waals surface area (Å²) in [5.41, 5.74) is -1.06. The van der Waals surface area contributed by atoms with Crippen molar-refractivity contribution in [3.05, 3.63) is 65.5 Å². The minimum atomic E-state index is -1.47. The van der Waals surface area contributed by atoms with Crippen molar-refractivity contribution < 1.29 is 13.6 Å². The van der Waals surface area contributed by atoms with Crippen molar-refractivity contribution in [1.82, 2.24) is 4.98 Å². The summed E-state index contributed by atoms with van der Waals surface area (Å²) >= 11 is 5.63. The zero-order valence-electron chi connectivity index (χ0n) is 10.7. The number of carbonyl (C=O) groups excluding carboxylic acids is 1. The molecule has 0 bridgehead atoms. The second-order valence-electron chi connectivity index (χ2n) is 4.73. The van der Waals surface area contributed by atoms with E-state index in [4.69, 9.17) is 11.6 Å². The van der Waals surface area contributed by atoms with E-state index in [-0.39, 0.29) is 12.0 Å². The summed E-state index contributed by atoms with van der Waals surface area (Å²) in [5.74, 6) is -1.56. The third-order valence-electron chi connectivity index (χ3n) is 3.26. The first-order chi connectivity index (χ1) is 9.45. The van der Waals surface area contributed by atoms with Gasteiger partial charge >= 0.3 is 0 Å². The van der Waals surface area contributed by atoms with Gasteiger partial charge in [-0.05, 0) is 54.8 Å². The van der Waals surface area contributed by atoms with Crippen LogP contribution in [-0.4, -0.2) is 10.2 Å². The summed E-state index contributed by atoms with van der Waals surface area (Å²) in [6, 6.07) is 6.83. The van der Waals surface area contributed by atoms with Gasteiger partial charge in [-0.2, -0.15) is 0 Å². The van der Waals surface area contributed by atoms with Crippen LogP contribution in [0.1, 0.15) is 18.1 Å². The van der Waals surface area contributed by atoms with E-state index in [9.17, 15) is 13.6 Å². The third-order valence-corrected chi connectivity index (χ3v) is 3.67. The molecule has 1 aromatic heterocycles. The lowest BCUT2D eigenvalue weighted by Gasteiger charge is -2.26. The molecule has 104 valence electrons. The van der Waals surface area contributed by atoms with Gasteiger partial charge in [0.15, 0.2) is 0 Å². The Morgan fingerprint density at radius 2 is 1.75 bits per heavy atom. The van der Waals surface area contributed by atoms with E-state index in [1.54, 1.807) is 24.5 Å². The van der Waals surface area contributed by atoms with Crippen molar-refractivity contribution >= 4 is 16.8 Å². The largest absolute Gasteiger partial charge is 0.280 e. The molecular weight excluding hydrogens is 284 g/mol. The maximum Gasteiger partial charge on any atom is 0.232 e. The molecular formula is C15H12ClF2NO. The molecule has 0 saturated carbocycles. The van der Waals surface area contributed by atoms with Gasteiger partial charge < -0.3 is 0 Å². The van der Waals surface area contributed by atoms with Crippen molar-refractivity contribution in [3.8, 4) is 0 Å². The highest BCUT2D eigenvalue weighted by molar-refractivity contribution is 6.65. The molecule has 0 aliphatic heterocycles. The monoisotopic (exact) mass is 295 g/mol. The number of halogens is 3. The van der Waals surface area contributed by atoms with Crippen LogP contribution in [0, 0.1) is 11.6 Å². The molecule has 1 heterocycles. The average molecular weight is 296 g/mol. The molecule has 2 aromatic rings. The maximum atomic E-state index is 13.9. The number of benzene rings is 1. The number of hydrogen-bond donors (Lipinski definition) is 0. The second kappa shape index (κ2) is 5.67. The molecule has 0 saturated heterocycles. The number of carbonyl (C=O) groups is 1. The van der Waals surface area contributed by atoms with Crippen LogP contribution in [0.4, 0.5) is 8.78 Å². The topological polar surface area (TPSA) is 30.0 Å². The molecule has 0 N–H and O–H groups in total. The van der Waals surface area contributed by atoms with Gasteiger partial charge in [0.05, 0.1) is 5.41 Å². The van der Waals surface area contributed by atoms with Crippen LogP contribution < -0.4 is 0 Å². The van der Waals surface area contributed by atoms with E-state index in [0.717, 1.165) is 17.7 Å². The van der Waals surface area contributed by atoms with Crippen LogP contribution in [0.2, 0.25) is 0 Å². The van der Waals surface area contributed by atoms with Crippen molar-refractivity contribution in [2.45, 2.75) is 18.8 Å². The molecule has 1 unspecified atom stereocenters. The summed E-state index contributed by atoms with van der Waals surface area (Å²) < 4.78 is 27.9. The smallest absolute Gasteiger partial charge is 0.232 e. The van der Waals surface area contributed by atoms with Crippen LogP contribution >= 0.6 is 11.6 Å². The summed E-state index contributed by atoms with van der Waals surface area (Å²) in [4.78, 5) is 15.7. The predicted octanol–water partition coefficient (Wildman–Crippen LogP) is 3.63. The highest BCUT2D eigenvalue weighted by Gasteiger charge is 2.38. The second-order valence-corrected chi connectivity index (χ2v) is 5.08. The van der Waals surface area contributed by atoms with E-state index in [1.165, 1.54) is 13.0 Å². The fourth-order valence-corrected chi connectivity index (χ4v) is 2.35. The lowest BCUT2D eigenvalue weighted by atomic mass is 9.78. The number of hydrogen-bond acceptors (Lipinski definition) is 2. The zero-order valence-corrected chi connectivity index (χ0v) is 11.5. The number of pyridine rings is 1. The van der Waals surface area contributed by atoms with E-state index in [0.29, 0.717) is 0 Å². The Morgan fingerprint density at radius 3 is 2.25 bits per heavy atom. The Hall–Kier alpha value is -1.81. The van der Waals surface area contributed by atoms with Crippen LogP contribution in [0.25, 0.3) is 0 Å². The van der Waals surface area contributed by atoms with Crippen LogP contribution in [-0.2, 0) is 16.6 Å². The van der Waals surface area contributed by atoms with Gasteiger partial charge in [0.2, 0.25) is 5.24 Å². The van der Waals surface area contributed by atoms with Gasteiger partial charge in [0.25, 0.3) is 0 Å². The standard InChI is InChI=1S/C15H12ClF2NO/c1-15(14(16)20,9-10-5-7-19-8-6-10)13-11(17)3-2-4-12(13)18/h2-8H,9H2,1H3. The van der Waals surface area contributed by atoms with Crippen LogP contribution in [0.15, 0.2) is 42.7 Å². The third kappa shape index (κ3) is 2.70. The Bertz CT molecular complexity index is 613. The summed E-state index contributed by atoms with van der Waals surface area (Å²) in [7, 11) is 0. The highest BCUT2D eigenvalue weighted by Crippen LogP contribution is 2.34. The minimum Gasteiger partial charge on any atom is -0.280 e. The summed E-state index contributed by atoms with van der Waals surface area (Å²) in [6.07, 6.45) is 3.19. The summed E-state index contributed by atoms with van der Waals surface area (Å²) in [6.45, 7) is 1.43. The first-order valence-electron chi connectivity index (χ1n) is 5.98. The van der Waals surface area contributed by atoms with Crippen molar-refractivity contribution in [2.24, 2.45) is 0 Å². The Kier molecular flexibility index (Phi) is 4.14. The SMILES string of the molecule is CC(Cc1ccncc1)(C(=O)Cl)c1c(F)cccc1F. The predicted molar refractivity (Wildman–Crippen MR) is 72.5 cm³/mol. The molecule has 2 nitrogen and oxygen atoms in total. The zero-order chi connectivity index (χ0) is 14.8. The molecule has 1 atom stereocenters. The van der Waals surface area contributed by atoms with Crippen molar-refractivity contribution in [3.63, 3.8) is 0 Å². The van der Waals surface area contributed by atoms with E-state index in [2.05, 4.69) is 4.98 Å². The van der Waals surface area contributed by atoms with Gasteiger partial charge in [-0.3, -0.25) is 9.78 Å². The lowest BCUT2D eigenvalue weighted by molar-refractivity contribution is -0.116. The molecule has 5 heteroatoms. The fourth-order valence-electron chi connectivity index (χ4n) is 2.19. The van der Waals surface area contributed by atoms with Gasteiger partial charge in [0.1, 0.15) is 11.6 Å². The van der Waals surface area contributed by atoms with Gasteiger partial charge in [-0.25, -0.2) is 8.78 Å². The van der Waals surface area contributed by atoms with Crippen LogP contribution in [0.5, 0.6) is 0 Å². The minimum absolute atomic E-state index is 0.0930. The molecule has 0 aliphatic rings. The molecule has 0 aliphatic carbocycles. The molecule has 0 radical (unpaired) electrons. The van der Waals surface area contributed by atoms with E-state index >= 15 is 0 Å². The summed E-state index contributed by atoms with van der Waals surface area (Å²) in [5, 5.41) is -0.807. The Morgan fingerprint density at radius 1 is 1.20 bits per heavy atom. The van der Waals surface area contributed by atoms with Crippen molar-refractivity contribution in [2.75, 3.05) is 0 Å². The molecule has 20 heavy (non-hydrogen) atoms. The van der Waals surface area contributed by atoms with Gasteiger partial charge in [-0.15, -0.1) is 0 Å². The maximum absolute atomic E-state index is 13.9. The first kappa shape index (κ1) is 14.6. The normalized spacial score (nSPS) is 13.8. The van der Waals surface area contributed by atoms with Gasteiger partial charge in [0, 0.05) is 18.0 Å². The average Bonchev–Trinajstić information content (AvgIpc) is 2.39. The van der Waals surface area contributed by atoms with E-state index in [1.807, 2.05) is 0 Å². The Balaban J connectivity index is 2.53. The number of nitrogens with zero attached hydrogens (tertiary/aromatic N) is 1. The molecule has 1 aromatic carbocycles. The molecule has 0 spiro atoms. The molecule has 2 rings (SSSR count). The van der Waals surface area contributed by atoms with Crippen LogP contribution in [0.3, 0.4) is 0 Å². The lowest BCUT2D eigenvalue weighted by Crippen LogP contribution is -2.34. The Labute approximate surface area is 120 Å².